The van der Waals surface area contributed by atoms with E-state index in [1.165, 1.54) is 36.4 Å². The standard InChI is InChI=1S/C17H20FN3O/c1-12-10-15(17(22)19-11-13-6-2-3-7-13)20-21(12)16-9-5-4-8-14(16)18/h4-5,8-10,13H,2-3,6-7,11H2,1H3,(H,19,22). The van der Waals surface area contributed by atoms with Gasteiger partial charge in [0, 0.05) is 12.2 Å². The molecule has 0 unspecified atom stereocenters. The first-order valence-electron chi connectivity index (χ1n) is 7.75. The minimum atomic E-state index is -0.355. The summed E-state index contributed by atoms with van der Waals surface area (Å²) in [5.74, 6) is 0.0374. The highest BCUT2D eigenvalue weighted by atomic mass is 19.1. The molecule has 4 nitrogen and oxygen atoms in total. The summed E-state index contributed by atoms with van der Waals surface area (Å²) < 4.78 is 15.3. The molecule has 1 amide bonds. The van der Waals surface area contributed by atoms with Crippen LogP contribution in [0.25, 0.3) is 5.69 Å². The van der Waals surface area contributed by atoms with Crippen LogP contribution in [0.4, 0.5) is 4.39 Å². The Balaban J connectivity index is 1.74. The Kier molecular flexibility index (Phi) is 4.22. The lowest BCUT2D eigenvalue weighted by atomic mass is 10.1. The molecule has 1 fully saturated rings. The summed E-state index contributed by atoms with van der Waals surface area (Å²) >= 11 is 0. The fraction of sp³-hybridized carbons (Fsp3) is 0.412. The van der Waals surface area contributed by atoms with Gasteiger partial charge in [-0.3, -0.25) is 4.79 Å². The van der Waals surface area contributed by atoms with E-state index in [0.29, 0.717) is 23.8 Å². The molecule has 0 saturated heterocycles. The molecular formula is C17H20FN3O. The predicted octanol–water partition coefficient (Wildman–Crippen LogP) is 3.24. The molecule has 2 aromatic rings. The van der Waals surface area contributed by atoms with Gasteiger partial charge in [0.2, 0.25) is 0 Å². The molecule has 5 heteroatoms. The van der Waals surface area contributed by atoms with Crippen molar-refractivity contribution in [3.8, 4) is 5.69 Å². The highest BCUT2D eigenvalue weighted by molar-refractivity contribution is 5.92. The highest BCUT2D eigenvalue weighted by Gasteiger charge is 2.18. The minimum absolute atomic E-state index is 0.190. The molecule has 1 heterocycles. The molecule has 1 aromatic carbocycles. The normalized spacial score (nSPS) is 15.2. The number of halogens is 1. The number of hydrogen-bond donors (Lipinski definition) is 1. The lowest BCUT2D eigenvalue weighted by Gasteiger charge is -2.09. The lowest BCUT2D eigenvalue weighted by molar-refractivity contribution is 0.0942. The van der Waals surface area contributed by atoms with Crippen molar-refractivity contribution in [2.75, 3.05) is 6.54 Å². The largest absolute Gasteiger partial charge is 0.350 e. The number of carbonyl (C=O) groups is 1. The van der Waals surface area contributed by atoms with Gasteiger partial charge in [-0.2, -0.15) is 5.10 Å². The van der Waals surface area contributed by atoms with E-state index in [1.807, 2.05) is 6.92 Å². The van der Waals surface area contributed by atoms with E-state index in [9.17, 15) is 9.18 Å². The van der Waals surface area contributed by atoms with E-state index in [2.05, 4.69) is 10.4 Å². The van der Waals surface area contributed by atoms with Gasteiger partial charge in [-0.1, -0.05) is 25.0 Å². The third-order valence-electron chi connectivity index (χ3n) is 4.23. The minimum Gasteiger partial charge on any atom is -0.350 e. The van der Waals surface area contributed by atoms with Crippen molar-refractivity contribution >= 4 is 5.91 Å². The van der Waals surface area contributed by atoms with Crippen molar-refractivity contribution in [3.05, 3.63) is 47.5 Å². The number of benzene rings is 1. The second-order valence-electron chi connectivity index (χ2n) is 5.89. The maximum Gasteiger partial charge on any atom is 0.271 e. The molecule has 0 atom stereocenters. The zero-order chi connectivity index (χ0) is 15.5. The number of para-hydroxylation sites is 1. The van der Waals surface area contributed by atoms with E-state index in [1.54, 1.807) is 24.3 Å². The first-order valence-corrected chi connectivity index (χ1v) is 7.75. The van der Waals surface area contributed by atoms with Crippen LogP contribution >= 0.6 is 0 Å². The fourth-order valence-corrected chi connectivity index (χ4v) is 2.99. The molecule has 3 rings (SSSR count). The number of aryl methyl sites for hydroxylation is 1. The van der Waals surface area contributed by atoms with Gasteiger partial charge in [-0.25, -0.2) is 9.07 Å². The lowest BCUT2D eigenvalue weighted by Crippen LogP contribution is -2.28. The topological polar surface area (TPSA) is 46.9 Å². The summed E-state index contributed by atoms with van der Waals surface area (Å²) in [5, 5.41) is 7.19. The zero-order valence-corrected chi connectivity index (χ0v) is 12.7. The van der Waals surface area contributed by atoms with Gasteiger partial charge in [0.15, 0.2) is 5.69 Å². The molecule has 116 valence electrons. The number of rotatable bonds is 4. The van der Waals surface area contributed by atoms with E-state index in [0.717, 1.165) is 5.69 Å². The number of carbonyl (C=O) groups excluding carboxylic acids is 1. The van der Waals surface area contributed by atoms with Crippen LogP contribution in [-0.2, 0) is 0 Å². The maximum atomic E-state index is 13.9. The van der Waals surface area contributed by atoms with E-state index in [-0.39, 0.29) is 11.7 Å². The second kappa shape index (κ2) is 6.30. The second-order valence-corrected chi connectivity index (χ2v) is 5.89. The van der Waals surface area contributed by atoms with E-state index >= 15 is 0 Å². The van der Waals surface area contributed by atoms with Crippen molar-refractivity contribution < 1.29 is 9.18 Å². The number of nitrogens with zero attached hydrogens (tertiary/aromatic N) is 2. The maximum absolute atomic E-state index is 13.9. The molecule has 0 radical (unpaired) electrons. The highest BCUT2D eigenvalue weighted by Crippen LogP contribution is 2.23. The van der Waals surface area contributed by atoms with Crippen LogP contribution in [0.3, 0.4) is 0 Å². The fourth-order valence-electron chi connectivity index (χ4n) is 2.99. The summed E-state index contributed by atoms with van der Waals surface area (Å²) in [6.07, 6.45) is 4.87. The van der Waals surface area contributed by atoms with Crippen molar-refractivity contribution in [2.24, 2.45) is 5.92 Å². The van der Waals surface area contributed by atoms with Gasteiger partial charge >= 0.3 is 0 Å². The Bertz CT molecular complexity index is 674. The SMILES string of the molecule is Cc1cc(C(=O)NCC2CCCC2)nn1-c1ccccc1F. The van der Waals surface area contributed by atoms with Crippen molar-refractivity contribution in [2.45, 2.75) is 32.6 Å². The van der Waals surface area contributed by atoms with Crippen molar-refractivity contribution in [3.63, 3.8) is 0 Å². The first kappa shape index (κ1) is 14.8. The molecule has 1 saturated carbocycles. The molecule has 0 bridgehead atoms. The predicted molar refractivity (Wildman–Crippen MR) is 82.6 cm³/mol. The Morgan fingerprint density at radius 3 is 2.82 bits per heavy atom. The molecule has 1 aliphatic rings. The number of hydrogen-bond acceptors (Lipinski definition) is 2. The van der Waals surface area contributed by atoms with E-state index < -0.39 is 0 Å². The first-order chi connectivity index (χ1) is 10.6. The quantitative estimate of drug-likeness (QED) is 0.942. The Morgan fingerprint density at radius 1 is 1.36 bits per heavy atom. The summed E-state index contributed by atoms with van der Waals surface area (Å²) in [6, 6.07) is 8.11. The van der Waals surface area contributed by atoms with Crippen LogP contribution in [0.2, 0.25) is 0 Å². The summed E-state index contributed by atoms with van der Waals surface area (Å²) in [7, 11) is 0. The van der Waals surface area contributed by atoms with Gasteiger partial charge in [-0.15, -0.1) is 0 Å². The van der Waals surface area contributed by atoms with Crippen LogP contribution in [0, 0.1) is 18.7 Å². The molecule has 1 aromatic heterocycles. The molecule has 0 spiro atoms. The van der Waals surface area contributed by atoms with Crippen LogP contribution in [0.5, 0.6) is 0 Å². The monoisotopic (exact) mass is 301 g/mol. The van der Waals surface area contributed by atoms with Crippen LogP contribution in [0.15, 0.2) is 30.3 Å². The Labute approximate surface area is 129 Å². The molecular weight excluding hydrogens is 281 g/mol. The smallest absolute Gasteiger partial charge is 0.271 e. The summed E-state index contributed by atoms with van der Waals surface area (Å²) in [4.78, 5) is 12.2. The van der Waals surface area contributed by atoms with Crippen LogP contribution < -0.4 is 5.32 Å². The molecule has 1 aliphatic carbocycles. The summed E-state index contributed by atoms with van der Waals surface area (Å²) in [5.41, 5.74) is 1.42. The van der Waals surface area contributed by atoms with Crippen LogP contribution in [0.1, 0.15) is 41.9 Å². The number of amides is 1. The third-order valence-corrected chi connectivity index (χ3v) is 4.23. The average molecular weight is 301 g/mol. The van der Waals surface area contributed by atoms with Gasteiger partial charge in [-0.05, 0) is 43.9 Å². The molecule has 1 N–H and O–H groups in total. The van der Waals surface area contributed by atoms with Gasteiger partial charge in [0.1, 0.15) is 11.5 Å². The number of nitrogens with one attached hydrogen (secondary N) is 1. The molecule has 0 aliphatic heterocycles. The Morgan fingerprint density at radius 2 is 2.09 bits per heavy atom. The van der Waals surface area contributed by atoms with Gasteiger partial charge in [0.25, 0.3) is 5.91 Å². The van der Waals surface area contributed by atoms with Gasteiger partial charge < -0.3 is 5.32 Å². The van der Waals surface area contributed by atoms with Crippen LogP contribution in [-0.4, -0.2) is 22.2 Å². The third kappa shape index (κ3) is 3.03. The molecule has 22 heavy (non-hydrogen) atoms. The number of aromatic nitrogens is 2. The van der Waals surface area contributed by atoms with Gasteiger partial charge in [0.05, 0.1) is 0 Å². The zero-order valence-electron chi connectivity index (χ0n) is 12.7. The van der Waals surface area contributed by atoms with Crippen molar-refractivity contribution in [1.82, 2.24) is 15.1 Å². The van der Waals surface area contributed by atoms with Crippen molar-refractivity contribution in [1.29, 1.82) is 0 Å². The Hall–Kier alpha value is -2.17. The average Bonchev–Trinajstić information content (AvgIpc) is 3.15. The van der Waals surface area contributed by atoms with E-state index in [4.69, 9.17) is 0 Å². The summed E-state index contributed by atoms with van der Waals surface area (Å²) in [6.45, 7) is 2.51.